The molecule has 1 heterocycles. The molecule has 5 unspecified atom stereocenters. The van der Waals surface area contributed by atoms with Crippen LogP contribution in [0.25, 0.3) is 0 Å². The number of hydrogen-bond acceptors (Lipinski definition) is 8. The molecule has 1 aromatic rings. The fourth-order valence-corrected chi connectivity index (χ4v) is 5.36. The number of halogens is 2. The quantitative estimate of drug-likeness (QED) is 0.119. The number of benzene rings is 1. The molecule has 0 aromatic heterocycles. The summed E-state index contributed by atoms with van der Waals surface area (Å²) >= 11 is 0. The third-order valence-corrected chi connectivity index (χ3v) is 8.41. The van der Waals surface area contributed by atoms with Crippen LogP contribution in [0.1, 0.15) is 77.1 Å². The molecular weight excluding hydrogens is 619 g/mol. The average Bonchev–Trinajstić information content (AvgIpc) is 2.99. The van der Waals surface area contributed by atoms with Crippen molar-refractivity contribution in [3.8, 4) is 5.75 Å². The minimum Gasteiger partial charge on any atom is -0.464 e. The Bertz CT molecular complexity index is 952. The van der Waals surface area contributed by atoms with Crippen LogP contribution in [-0.2, 0) is 14.3 Å². The van der Waals surface area contributed by atoms with Crippen LogP contribution in [0.15, 0.2) is 24.3 Å². The summed E-state index contributed by atoms with van der Waals surface area (Å²) in [6.45, 7) is 15.6. The van der Waals surface area contributed by atoms with E-state index in [0.29, 0.717) is 37.2 Å². The first-order valence-corrected chi connectivity index (χ1v) is 16.1. The molecule has 10 nitrogen and oxygen atoms in total. The number of aliphatic hydroxyl groups is 1. The second-order valence-electron chi connectivity index (χ2n) is 12.4. The van der Waals surface area contributed by atoms with Crippen LogP contribution in [-0.4, -0.2) is 93.3 Å². The van der Waals surface area contributed by atoms with E-state index >= 15 is 0 Å². The van der Waals surface area contributed by atoms with Crippen LogP contribution in [0.5, 0.6) is 5.75 Å². The molecule has 12 heteroatoms. The molecule has 0 radical (unpaired) electrons. The second kappa shape index (κ2) is 23.6. The smallest absolute Gasteiger partial charge is 0.255 e. The average molecular weight is 680 g/mol. The SMILES string of the molecule is CCCC(OC)Oc1ccccc1C(=O)NCC(CC(N)C(O)CC(C(=O)NCCCN1CCOCC1)C(C)C)C(C)C.Cl.Cl. The molecule has 2 amide bonds. The van der Waals surface area contributed by atoms with Crippen molar-refractivity contribution in [1.29, 1.82) is 0 Å². The number of carbonyl (C=O) groups excluding carboxylic acids is 2. The Hall–Kier alpha value is -1.66. The predicted molar refractivity (Wildman–Crippen MR) is 184 cm³/mol. The lowest BCUT2D eigenvalue weighted by molar-refractivity contribution is -0.127. The summed E-state index contributed by atoms with van der Waals surface area (Å²) in [6, 6.07) is 6.63. The number of nitrogens with one attached hydrogen (secondary N) is 2. The van der Waals surface area contributed by atoms with E-state index in [0.717, 1.165) is 52.1 Å². The maximum Gasteiger partial charge on any atom is 0.255 e. The number of methoxy groups -OCH3 is 1. The number of para-hydroxylation sites is 1. The lowest BCUT2D eigenvalue weighted by Gasteiger charge is -2.30. The van der Waals surface area contributed by atoms with Crippen LogP contribution in [0.4, 0.5) is 0 Å². The molecule has 0 aliphatic carbocycles. The normalized spacial score (nSPS) is 16.9. The Morgan fingerprint density at radius 3 is 2.31 bits per heavy atom. The summed E-state index contributed by atoms with van der Waals surface area (Å²) in [7, 11) is 1.59. The molecule has 5 N–H and O–H groups in total. The zero-order chi connectivity index (χ0) is 31.8. The molecule has 1 aliphatic rings. The number of hydrogen-bond donors (Lipinski definition) is 4. The molecule has 1 aliphatic heterocycles. The van der Waals surface area contributed by atoms with Crippen LogP contribution >= 0.6 is 24.8 Å². The van der Waals surface area contributed by atoms with Gasteiger partial charge in [-0.15, -0.1) is 24.8 Å². The first-order chi connectivity index (χ1) is 20.6. The minimum absolute atomic E-state index is 0. The van der Waals surface area contributed by atoms with E-state index in [9.17, 15) is 14.7 Å². The van der Waals surface area contributed by atoms with E-state index in [2.05, 4.69) is 29.4 Å². The van der Waals surface area contributed by atoms with Gasteiger partial charge in [0.05, 0.1) is 24.9 Å². The number of amides is 2. The molecule has 2 rings (SSSR count). The van der Waals surface area contributed by atoms with E-state index < -0.39 is 18.4 Å². The Morgan fingerprint density at radius 1 is 1.04 bits per heavy atom. The Kier molecular flexibility index (Phi) is 22.8. The largest absolute Gasteiger partial charge is 0.464 e. The van der Waals surface area contributed by atoms with E-state index in [1.165, 1.54) is 0 Å². The summed E-state index contributed by atoms with van der Waals surface area (Å²) in [4.78, 5) is 28.5. The number of aliphatic hydroxyl groups excluding tert-OH is 1. The van der Waals surface area contributed by atoms with Crippen molar-refractivity contribution in [2.75, 3.05) is 53.0 Å². The van der Waals surface area contributed by atoms with Gasteiger partial charge in [0.2, 0.25) is 5.91 Å². The van der Waals surface area contributed by atoms with Crippen LogP contribution in [0.2, 0.25) is 0 Å². The number of ether oxygens (including phenoxy) is 3. The highest BCUT2D eigenvalue weighted by molar-refractivity contribution is 5.96. The van der Waals surface area contributed by atoms with Crippen molar-refractivity contribution in [3.05, 3.63) is 29.8 Å². The van der Waals surface area contributed by atoms with Gasteiger partial charge in [-0.3, -0.25) is 14.5 Å². The number of rotatable bonds is 20. The van der Waals surface area contributed by atoms with Gasteiger partial charge in [-0.25, -0.2) is 0 Å². The van der Waals surface area contributed by atoms with Crippen LogP contribution in [0.3, 0.4) is 0 Å². The van der Waals surface area contributed by atoms with Gasteiger partial charge in [-0.05, 0) is 55.7 Å². The van der Waals surface area contributed by atoms with Gasteiger partial charge >= 0.3 is 0 Å². The summed E-state index contributed by atoms with van der Waals surface area (Å²) in [5, 5.41) is 17.2. The van der Waals surface area contributed by atoms with E-state index in [1.54, 1.807) is 25.3 Å². The molecule has 1 saturated heterocycles. The number of nitrogens with zero attached hydrogens (tertiary/aromatic N) is 1. The summed E-state index contributed by atoms with van der Waals surface area (Å²) in [6.07, 6.45) is 2.06. The van der Waals surface area contributed by atoms with Gasteiger partial charge in [0.15, 0.2) is 6.29 Å². The first-order valence-electron chi connectivity index (χ1n) is 16.1. The molecule has 262 valence electrons. The molecule has 5 atom stereocenters. The van der Waals surface area contributed by atoms with E-state index in [-0.39, 0.29) is 60.3 Å². The van der Waals surface area contributed by atoms with Gasteiger partial charge in [-0.1, -0.05) is 53.2 Å². The lowest BCUT2D eigenvalue weighted by Crippen LogP contribution is -2.44. The number of morpholine rings is 1. The topological polar surface area (TPSA) is 135 Å². The molecule has 45 heavy (non-hydrogen) atoms. The van der Waals surface area contributed by atoms with Crippen LogP contribution < -0.4 is 21.1 Å². The third-order valence-electron chi connectivity index (χ3n) is 8.41. The summed E-state index contributed by atoms with van der Waals surface area (Å²) in [5.41, 5.74) is 6.95. The van der Waals surface area contributed by atoms with E-state index in [4.69, 9.17) is 19.9 Å². The fraction of sp³-hybridized carbons (Fsp3) is 0.758. The van der Waals surface area contributed by atoms with Crippen molar-refractivity contribution in [2.45, 2.75) is 85.2 Å². The first kappa shape index (κ1) is 43.3. The van der Waals surface area contributed by atoms with Gasteiger partial charge in [0, 0.05) is 51.7 Å². The molecule has 0 saturated carbocycles. The molecule has 1 aromatic carbocycles. The Balaban J connectivity index is 0.00000968. The summed E-state index contributed by atoms with van der Waals surface area (Å²) < 4.78 is 16.8. The highest BCUT2D eigenvalue weighted by atomic mass is 35.5. The van der Waals surface area contributed by atoms with Gasteiger partial charge in [0.25, 0.3) is 5.91 Å². The van der Waals surface area contributed by atoms with Crippen molar-refractivity contribution < 1.29 is 28.9 Å². The summed E-state index contributed by atoms with van der Waals surface area (Å²) in [5.74, 6) is 0.217. The number of nitrogens with two attached hydrogens (primary N) is 1. The van der Waals surface area contributed by atoms with Crippen molar-refractivity contribution in [2.24, 2.45) is 29.4 Å². The van der Waals surface area contributed by atoms with Gasteiger partial charge in [0.1, 0.15) is 5.75 Å². The van der Waals surface area contributed by atoms with Gasteiger partial charge in [-0.2, -0.15) is 0 Å². The lowest BCUT2D eigenvalue weighted by atomic mass is 9.83. The molecular formula is C33H60Cl2N4O6. The van der Waals surface area contributed by atoms with Crippen LogP contribution in [0, 0.1) is 23.7 Å². The fourth-order valence-electron chi connectivity index (χ4n) is 5.36. The highest BCUT2D eigenvalue weighted by Gasteiger charge is 2.30. The van der Waals surface area contributed by atoms with E-state index in [1.807, 2.05) is 26.8 Å². The second-order valence-corrected chi connectivity index (χ2v) is 12.4. The van der Waals surface area contributed by atoms with Gasteiger partial charge < -0.3 is 35.7 Å². The Labute approximate surface area is 283 Å². The zero-order valence-electron chi connectivity index (χ0n) is 28.2. The molecule has 1 fully saturated rings. The third kappa shape index (κ3) is 15.7. The standard InChI is InChI=1S/C33H58N4O6.2ClH/c1-7-11-31(41-6)43-30-13-9-8-12-26(30)32(39)36-22-25(23(2)3)20-28(34)29(38)21-27(24(4)5)33(40)35-14-10-15-37-16-18-42-19-17-37;;/h8-9,12-13,23-25,27-29,31,38H,7,10-11,14-22,34H2,1-6H3,(H,35,40)(H,36,39);2*1H. The minimum atomic E-state index is -0.831. The molecule has 0 spiro atoms. The maximum atomic E-state index is 13.2. The highest BCUT2D eigenvalue weighted by Crippen LogP contribution is 2.24. The van der Waals surface area contributed by atoms with Crippen molar-refractivity contribution in [1.82, 2.24) is 15.5 Å². The molecule has 0 bridgehead atoms. The zero-order valence-corrected chi connectivity index (χ0v) is 29.8. The Morgan fingerprint density at radius 2 is 1.71 bits per heavy atom. The monoisotopic (exact) mass is 678 g/mol. The maximum absolute atomic E-state index is 13.2. The predicted octanol–water partition coefficient (Wildman–Crippen LogP) is 4.26. The van der Waals surface area contributed by atoms with Crippen molar-refractivity contribution in [3.63, 3.8) is 0 Å². The number of carbonyl (C=O) groups is 2. The van der Waals surface area contributed by atoms with Crippen molar-refractivity contribution >= 4 is 36.6 Å².